The minimum Gasteiger partial charge on any atom is -0.541 e. The van der Waals surface area contributed by atoms with Crippen LogP contribution in [0.25, 0.3) is 0 Å². The molecule has 2 nitrogen and oxygen atoms in total. The molecule has 3 unspecified atom stereocenters. The summed E-state index contributed by atoms with van der Waals surface area (Å²) in [5, 5.41) is 0. The van der Waals surface area contributed by atoms with Crippen LogP contribution in [0.4, 0.5) is 0 Å². The van der Waals surface area contributed by atoms with Gasteiger partial charge in [-0.05, 0) is 59.8 Å². The van der Waals surface area contributed by atoms with Crippen molar-refractivity contribution in [2.24, 2.45) is 11.3 Å². The average Bonchev–Trinajstić information content (AvgIpc) is 2.54. The number of hydrogen-bond acceptors (Lipinski definition) is 2. The Morgan fingerprint density at radius 3 is 2.54 bits per heavy atom. The maximum Gasteiger partial charge on any atom is 0.134 e. The molecule has 1 aromatic rings. The Morgan fingerprint density at radius 2 is 1.96 bits per heavy atom. The standard InChI is InChI=1S/C23H31O2.Y/c1-15(2)19-12-17-7-8-21-22(4,14-24)9-6-10-23(21,5)20(17)13-18(19)11-16(3)25;/h12-13,15,21H,6-11H2,1-5H3;/q-1;. The van der Waals surface area contributed by atoms with Crippen LogP contribution in [-0.4, -0.2) is 12.1 Å². The van der Waals surface area contributed by atoms with Gasteiger partial charge < -0.3 is 4.79 Å². The van der Waals surface area contributed by atoms with Gasteiger partial charge >= 0.3 is 0 Å². The molecule has 0 bridgehead atoms. The summed E-state index contributed by atoms with van der Waals surface area (Å²) in [6, 6.07) is 4.67. The minimum atomic E-state index is -0.331. The van der Waals surface area contributed by atoms with Crippen molar-refractivity contribution in [3.8, 4) is 0 Å². The molecular weight excluding hydrogens is 397 g/mol. The van der Waals surface area contributed by atoms with Crippen LogP contribution in [0.1, 0.15) is 88.5 Å². The number of aryl methyl sites for hydroxylation is 1. The molecule has 0 saturated heterocycles. The smallest absolute Gasteiger partial charge is 0.134 e. The van der Waals surface area contributed by atoms with Crippen LogP contribution in [0.15, 0.2) is 12.1 Å². The number of carbonyl (C=O) groups is 1. The number of rotatable bonds is 4. The van der Waals surface area contributed by atoms with E-state index in [4.69, 9.17) is 0 Å². The van der Waals surface area contributed by atoms with Crippen LogP contribution in [0, 0.1) is 11.3 Å². The predicted octanol–water partition coefficient (Wildman–Crippen LogP) is 5.06. The molecule has 2 aliphatic carbocycles. The van der Waals surface area contributed by atoms with E-state index < -0.39 is 0 Å². The van der Waals surface area contributed by atoms with E-state index in [0.717, 1.165) is 32.1 Å². The largest absolute Gasteiger partial charge is 0.541 e. The van der Waals surface area contributed by atoms with Crippen LogP contribution in [0.5, 0.6) is 0 Å². The number of carbonyl (C=O) groups excluding carboxylic acids is 2. The molecule has 1 fully saturated rings. The summed E-state index contributed by atoms with van der Waals surface area (Å²) in [5.74, 6) is 0.994. The number of ketones is 1. The number of fused-ring (bicyclic) bond motifs is 3. The third-order valence-electron chi connectivity index (χ3n) is 6.91. The maximum atomic E-state index is 11.8. The minimum absolute atomic E-state index is 0. The Morgan fingerprint density at radius 1 is 1.27 bits per heavy atom. The summed E-state index contributed by atoms with van der Waals surface area (Å²) in [6.45, 7) is 10.5. The summed E-state index contributed by atoms with van der Waals surface area (Å²) >= 11 is 0. The number of benzene rings is 1. The average molecular weight is 428 g/mol. The molecule has 139 valence electrons. The van der Waals surface area contributed by atoms with E-state index in [9.17, 15) is 9.59 Å². The molecule has 3 rings (SSSR count). The van der Waals surface area contributed by atoms with Gasteiger partial charge in [0.25, 0.3) is 0 Å². The van der Waals surface area contributed by atoms with E-state index in [0.29, 0.717) is 18.3 Å². The summed E-state index contributed by atoms with van der Waals surface area (Å²) in [5.41, 5.74) is 5.03. The van der Waals surface area contributed by atoms with Crippen molar-refractivity contribution in [3.05, 3.63) is 34.4 Å². The van der Waals surface area contributed by atoms with Crippen molar-refractivity contribution < 1.29 is 42.3 Å². The monoisotopic (exact) mass is 428 g/mol. The van der Waals surface area contributed by atoms with Crippen LogP contribution in [-0.2, 0) is 60.6 Å². The first kappa shape index (κ1) is 22.0. The van der Waals surface area contributed by atoms with E-state index in [-0.39, 0.29) is 49.3 Å². The second-order valence-electron chi connectivity index (χ2n) is 9.12. The van der Waals surface area contributed by atoms with Crippen molar-refractivity contribution in [2.45, 2.75) is 84.5 Å². The molecule has 0 aromatic heterocycles. The summed E-state index contributed by atoms with van der Waals surface area (Å²) in [7, 11) is 0. The van der Waals surface area contributed by atoms with Crippen molar-refractivity contribution in [1.82, 2.24) is 0 Å². The van der Waals surface area contributed by atoms with Gasteiger partial charge in [-0.25, -0.2) is 0 Å². The van der Waals surface area contributed by atoms with Crippen LogP contribution in [0.2, 0.25) is 0 Å². The molecule has 26 heavy (non-hydrogen) atoms. The van der Waals surface area contributed by atoms with Gasteiger partial charge in [-0.1, -0.05) is 58.6 Å². The fourth-order valence-electron chi connectivity index (χ4n) is 5.66. The molecule has 0 aliphatic heterocycles. The molecule has 3 heteroatoms. The normalized spacial score (nSPS) is 30.2. The first-order valence-electron chi connectivity index (χ1n) is 9.76. The third kappa shape index (κ3) is 3.66. The summed E-state index contributed by atoms with van der Waals surface area (Å²) < 4.78 is 0. The van der Waals surface area contributed by atoms with Crippen LogP contribution >= 0.6 is 0 Å². The quantitative estimate of drug-likeness (QED) is 0.629. The van der Waals surface area contributed by atoms with Gasteiger partial charge in [0.05, 0.1) is 0 Å². The topological polar surface area (TPSA) is 34.1 Å². The van der Waals surface area contributed by atoms with E-state index in [1.54, 1.807) is 6.92 Å². The molecule has 1 radical (unpaired) electrons. The van der Waals surface area contributed by atoms with Gasteiger partial charge in [-0.3, -0.25) is 11.1 Å². The zero-order valence-corrected chi connectivity index (χ0v) is 19.8. The van der Waals surface area contributed by atoms with E-state index in [1.807, 2.05) is 0 Å². The molecule has 1 aromatic carbocycles. The Labute approximate surface area is 183 Å². The van der Waals surface area contributed by atoms with Crippen molar-refractivity contribution in [3.63, 3.8) is 0 Å². The molecule has 0 heterocycles. The SMILES string of the molecule is CC(=O)Cc1cc2c(cc1C(C)C)CCC1C(C)([C-]=O)CCCC21C.[Y]. The Bertz CT molecular complexity index is 708. The Hall–Kier alpha value is -0.336. The predicted molar refractivity (Wildman–Crippen MR) is 102 cm³/mol. The van der Waals surface area contributed by atoms with Gasteiger partial charge in [-0.15, -0.1) is 5.41 Å². The van der Waals surface area contributed by atoms with Gasteiger partial charge in [0, 0.05) is 39.1 Å². The van der Waals surface area contributed by atoms with Gasteiger partial charge in [-0.2, -0.15) is 0 Å². The second-order valence-corrected chi connectivity index (χ2v) is 9.12. The fraction of sp³-hybridized carbons (Fsp3) is 0.652. The van der Waals surface area contributed by atoms with Crippen molar-refractivity contribution >= 4 is 12.1 Å². The Balaban J connectivity index is 0.00000243. The number of Topliss-reactive ketones (excluding diaryl/α,β-unsaturated/α-hetero) is 1. The molecule has 0 amide bonds. The molecule has 2 aliphatic rings. The zero-order valence-electron chi connectivity index (χ0n) is 16.9. The van der Waals surface area contributed by atoms with Gasteiger partial charge in [0.2, 0.25) is 0 Å². The van der Waals surface area contributed by atoms with Gasteiger partial charge in [0.1, 0.15) is 5.78 Å². The zero-order chi connectivity index (χ0) is 18.4. The Kier molecular flexibility index (Phi) is 6.72. The summed E-state index contributed by atoms with van der Waals surface area (Å²) in [6.07, 6.45) is 8.18. The van der Waals surface area contributed by atoms with Crippen molar-refractivity contribution in [1.29, 1.82) is 0 Å². The first-order valence-corrected chi connectivity index (χ1v) is 9.76. The van der Waals surface area contributed by atoms with Crippen LogP contribution < -0.4 is 0 Å². The second kappa shape index (κ2) is 7.96. The van der Waals surface area contributed by atoms with Crippen molar-refractivity contribution in [2.75, 3.05) is 0 Å². The molecule has 1 saturated carbocycles. The third-order valence-corrected chi connectivity index (χ3v) is 6.91. The van der Waals surface area contributed by atoms with E-state index in [1.165, 1.54) is 22.3 Å². The molecule has 0 spiro atoms. The summed E-state index contributed by atoms with van der Waals surface area (Å²) in [4.78, 5) is 23.6. The van der Waals surface area contributed by atoms with Crippen LogP contribution in [0.3, 0.4) is 0 Å². The maximum absolute atomic E-state index is 11.8. The first-order chi connectivity index (χ1) is 11.7. The fourth-order valence-corrected chi connectivity index (χ4v) is 5.66. The van der Waals surface area contributed by atoms with E-state index in [2.05, 4.69) is 46.1 Å². The van der Waals surface area contributed by atoms with E-state index >= 15 is 0 Å². The van der Waals surface area contributed by atoms with Gasteiger partial charge in [0.15, 0.2) is 0 Å². The molecule has 3 atom stereocenters. The molecule has 0 N–H and O–H groups in total. The molecular formula is C23H31O2Y-. The number of hydrogen-bond donors (Lipinski definition) is 0.